The van der Waals surface area contributed by atoms with E-state index in [2.05, 4.69) is 12.3 Å². The molecule has 1 aromatic rings. The van der Waals surface area contributed by atoms with Crippen LogP contribution >= 0.6 is 0 Å². The van der Waals surface area contributed by atoms with Crippen LogP contribution in [0.5, 0.6) is 0 Å². The average molecular weight is 180 g/mol. The molecule has 13 heavy (non-hydrogen) atoms. The Balaban J connectivity index is 0.000000671. The van der Waals surface area contributed by atoms with Gasteiger partial charge in [-0.15, -0.1) is 0 Å². The Bertz CT molecular complexity index is 260. The molecule has 1 aromatic carbocycles. The monoisotopic (exact) mass is 180 g/mol. The van der Waals surface area contributed by atoms with Crippen molar-refractivity contribution in [2.24, 2.45) is 11.6 Å². The van der Waals surface area contributed by atoms with Crippen LogP contribution in [0.4, 0.5) is 11.4 Å². The van der Waals surface area contributed by atoms with Crippen LogP contribution in [0, 0.1) is 0 Å². The van der Waals surface area contributed by atoms with Gasteiger partial charge in [0.15, 0.2) is 0 Å². The number of rotatable bonds is 2. The average Bonchev–Trinajstić information content (AvgIpc) is 2.20. The van der Waals surface area contributed by atoms with Crippen molar-refractivity contribution in [2.45, 2.75) is 0 Å². The molecule has 0 aliphatic carbocycles. The van der Waals surface area contributed by atoms with Crippen molar-refractivity contribution in [3.8, 4) is 0 Å². The molecule has 0 bridgehead atoms. The Labute approximate surface area is 78.6 Å². The topological polar surface area (TPSA) is 81.3 Å². The zero-order valence-electron chi connectivity index (χ0n) is 7.77. The minimum Gasteiger partial charge on any atom is -0.399 e. The molecule has 0 atom stereocenters. The van der Waals surface area contributed by atoms with Gasteiger partial charge in [-0.25, -0.2) is 5.84 Å². The maximum atomic E-state index is 5.53. The van der Waals surface area contributed by atoms with Crippen molar-refractivity contribution in [1.29, 1.82) is 0 Å². The molecule has 72 valence electrons. The van der Waals surface area contributed by atoms with Crippen LogP contribution in [-0.4, -0.2) is 7.05 Å². The number of hydrogen-bond acceptors (Lipinski definition) is 4. The smallest absolute Gasteiger partial charge is 0.0588 e. The minimum absolute atomic E-state index is 0.694. The normalized spacial score (nSPS) is 8.23. The molecule has 0 spiro atoms. The molecule has 6 N–H and O–H groups in total. The van der Waals surface area contributed by atoms with Gasteiger partial charge in [0.05, 0.1) is 5.69 Å². The summed E-state index contributed by atoms with van der Waals surface area (Å²) in [6.07, 6.45) is 1.52. The molecule has 0 radical (unpaired) electrons. The highest BCUT2D eigenvalue weighted by atomic mass is 15.4. The SMILES string of the molecule is C=CN(N)c1cccc(N)c1.CN. The maximum absolute atomic E-state index is 5.53. The Hall–Kier alpha value is -1.52. The van der Waals surface area contributed by atoms with E-state index in [0.717, 1.165) is 5.69 Å². The molecule has 0 fully saturated rings. The largest absolute Gasteiger partial charge is 0.399 e. The van der Waals surface area contributed by atoms with Crippen LogP contribution in [0.25, 0.3) is 0 Å². The van der Waals surface area contributed by atoms with Crippen molar-refractivity contribution in [3.05, 3.63) is 37.0 Å². The lowest BCUT2D eigenvalue weighted by Crippen LogP contribution is -2.23. The highest BCUT2D eigenvalue weighted by Gasteiger charge is 1.94. The fourth-order valence-corrected chi connectivity index (χ4v) is 0.791. The van der Waals surface area contributed by atoms with Crippen molar-refractivity contribution >= 4 is 11.4 Å². The zero-order valence-corrected chi connectivity index (χ0v) is 7.77. The first-order chi connectivity index (χ1) is 6.24. The maximum Gasteiger partial charge on any atom is 0.0588 e. The molecule has 4 heteroatoms. The van der Waals surface area contributed by atoms with Crippen LogP contribution in [0.1, 0.15) is 0 Å². The van der Waals surface area contributed by atoms with E-state index in [9.17, 15) is 0 Å². The van der Waals surface area contributed by atoms with E-state index in [4.69, 9.17) is 11.6 Å². The summed E-state index contributed by atoms with van der Waals surface area (Å²) in [5.74, 6) is 5.52. The standard InChI is InChI=1S/C8H11N3.CH5N/c1-2-11(10)8-5-3-4-7(9)6-8;1-2/h2-6H,1,9-10H2;2H2,1H3. The number of anilines is 2. The highest BCUT2D eigenvalue weighted by Crippen LogP contribution is 2.14. The van der Waals surface area contributed by atoms with Gasteiger partial charge in [0.2, 0.25) is 0 Å². The van der Waals surface area contributed by atoms with Crippen molar-refractivity contribution in [1.82, 2.24) is 0 Å². The van der Waals surface area contributed by atoms with E-state index < -0.39 is 0 Å². The van der Waals surface area contributed by atoms with Crippen LogP contribution in [0.2, 0.25) is 0 Å². The quantitative estimate of drug-likeness (QED) is 0.355. The lowest BCUT2D eigenvalue weighted by atomic mass is 10.3. The van der Waals surface area contributed by atoms with Crippen LogP contribution in [0.3, 0.4) is 0 Å². The summed E-state index contributed by atoms with van der Waals surface area (Å²) in [6.45, 7) is 3.53. The minimum atomic E-state index is 0.694. The lowest BCUT2D eigenvalue weighted by Gasteiger charge is -2.12. The first kappa shape index (κ1) is 11.5. The number of hydrazine groups is 1. The zero-order chi connectivity index (χ0) is 10.3. The molecule has 0 aliphatic heterocycles. The van der Waals surface area contributed by atoms with Crippen molar-refractivity contribution in [2.75, 3.05) is 17.8 Å². The third-order valence-corrected chi connectivity index (χ3v) is 1.37. The third kappa shape index (κ3) is 3.59. The van der Waals surface area contributed by atoms with Crippen LogP contribution < -0.4 is 22.3 Å². The number of nitrogens with zero attached hydrogens (tertiary/aromatic N) is 1. The van der Waals surface area contributed by atoms with Gasteiger partial charge < -0.3 is 11.5 Å². The molecule has 0 saturated heterocycles. The Morgan fingerprint density at radius 2 is 2.00 bits per heavy atom. The second-order valence-electron chi connectivity index (χ2n) is 2.18. The van der Waals surface area contributed by atoms with Gasteiger partial charge in [-0.2, -0.15) is 0 Å². The molecular formula is C9H16N4. The second-order valence-corrected chi connectivity index (χ2v) is 2.18. The van der Waals surface area contributed by atoms with Gasteiger partial charge in [-0.05, 0) is 25.2 Å². The van der Waals surface area contributed by atoms with Crippen LogP contribution in [0.15, 0.2) is 37.0 Å². The first-order valence-corrected chi connectivity index (χ1v) is 3.84. The molecule has 0 saturated carbocycles. The third-order valence-electron chi connectivity index (χ3n) is 1.37. The summed E-state index contributed by atoms with van der Waals surface area (Å²) < 4.78 is 0. The van der Waals surface area contributed by atoms with E-state index in [1.54, 1.807) is 12.1 Å². The summed E-state index contributed by atoms with van der Waals surface area (Å²) in [5.41, 5.74) is 11.6. The van der Waals surface area contributed by atoms with Gasteiger partial charge >= 0.3 is 0 Å². The summed E-state index contributed by atoms with van der Waals surface area (Å²) in [6, 6.07) is 7.29. The highest BCUT2D eigenvalue weighted by molar-refractivity contribution is 5.56. The van der Waals surface area contributed by atoms with Crippen molar-refractivity contribution < 1.29 is 0 Å². The first-order valence-electron chi connectivity index (χ1n) is 3.84. The molecule has 0 aromatic heterocycles. The van der Waals surface area contributed by atoms with E-state index in [1.807, 2.05) is 12.1 Å². The summed E-state index contributed by atoms with van der Waals surface area (Å²) in [5, 5.41) is 1.41. The number of nitrogen functional groups attached to an aromatic ring is 1. The summed E-state index contributed by atoms with van der Waals surface area (Å²) >= 11 is 0. The van der Waals surface area contributed by atoms with Gasteiger partial charge in [0, 0.05) is 11.9 Å². The summed E-state index contributed by atoms with van der Waals surface area (Å²) in [7, 11) is 1.50. The second kappa shape index (κ2) is 6.05. The van der Waals surface area contributed by atoms with Crippen molar-refractivity contribution in [3.63, 3.8) is 0 Å². The molecule has 1 rings (SSSR count). The Morgan fingerprint density at radius 3 is 2.46 bits per heavy atom. The van der Waals surface area contributed by atoms with E-state index in [0.29, 0.717) is 5.69 Å². The number of hydrogen-bond donors (Lipinski definition) is 3. The van der Waals surface area contributed by atoms with Crippen LogP contribution in [-0.2, 0) is 0 Å². The van der Waals surface area contributed by atoms with E-state index in [-0.39, 0.29) is 0 Å². The molecule has 0 heterocycles. The number of benzene rings is 1. The predicted molar refractivity (Wildman–Crippen MR) is 57.8 cm³/mol. The molecule has 0 unspecified atom stereocenters. The lowest BCUT2D eigenvalue weighted by molar-refractivity contribution is 1.08. The van der Waals surface area contributed by atoms with Gasteiger partial charge in [-0.1, -0.05) is 12.6 Å². The Morgan fingerprint density at radius 1 is 1.38 bits per heavy atom. The fraction of sp³-hybridized carbons (Fsp3) is 0.111. The molecular weight excluding hydrogens is 164 g/mol. The fourth-order valence-electron chi connectivity index (χ4n) is 0.791. The van der Waals surface area contributed by atoms with E-state index >= 15 is 0 Å². The van der Waals surface area contributed by atoms with Gasteiger partial charge in [0.25, 0.3) is 0 Å². The molecule has 4 nitrogen and oxygen atoms in total. The predicted octanol–water partition coefficient (Wildman–Crippen LogP) is 0.667. The molecule has 0 amide bonds. The summed E-state index contributed by atoms with van der Waals surface area (Å²) in [4.78, 5) is 0. The molecule has 0 aliphatic rings. The van der Waals surface area contributed by atoms with Gasteiger partial charge in [-0.3, -0.25) is 5.01 Å². The Kier molecular flexibility index (Phi) is 5.34. The van der Waals surface area contributed by atoms with Gasteiger partial charge in [0.1, 0.15) is 0 Å². The van der Waals surface area contributed by atoms with E-state index in [1.165, 1.54) is 18.3 Å². The number of nitrogens with two attached hydrogens (primary N) is 3.